The third-order valence-corrected chi connectivity index (χ3v) is 2.78. The molecule has 0 spiro atoms. The topological polar surface area (TPSA) is 0 Å². The summed E-state index contributed by atoms with van der Waals surface area (Å²) in [5.74, 6) is 3.08. The summed E-state index contributed by atoms with van der Waals surface area (Å²) in [4.78, 5) is 0. The van der Waals surface area contributed by atoms with Crippen molar-refractivity contribution < 1.29 is 0 Å². The Labute approximate surface area is 78.8 Å². The van der Waals surface area contributed by atoms with Crippen LogP contribution in [0.3, 0.4) is 0 Å². The lowest BCUT2D eigenvalue weighted by Crippen LogP contribution is -2.18. The third-order valence-electron chi connectivity index (χ3n) is 2.78. The van der Waals surface area contributed by atoms with Crippen molar-refractivity contribution in [2.24, 2.45) is 23.7 Å². The molecule has 0 fully saturated rings. The Bertz CT molecular complexity index is 103. The van der Waals surface area contributed by atoms with Crippen molar-refractivity contribution in [3.05, 3.63) is 6.92 Å². The minimum Gasteiger partial charge on any atom is -0.0651 e. The van der Waals surface area contributed by atoms with Crippen LogP contribution in [-0.4, -0.2) is 0 Å². The van der Waals surface area contributed by atoms with E-state index in [1.807, 2.05) is 0 Å². The fourth-order valence-corrected chi connectivity index (χ4v) is 2.28. The average molecular weight is 169 g/mol. The van der Waals surface area contributed by atoms with Gasteiger partial charge in [0.1, 0.15) is 0 Å². The van der Waals surface area contributed by atoms with Gasteiger partial charge in [-0.2, -0.15) is 0 Å². The zero-order valence-corrected chi connectivity index (χ0v) is 9.43. The normalized spacial score (nSPS) is 17.0. The number of hydrogen-bond acceptors (Lipinski definition) is 0. The van der Waals surface area contributed by atoms with Crippen LogP contribution in [0.15, 0.2) is 0 Å². The Morgan fingerprint density at radius 2 is 1.58 bits per heavy atom. The Kier molecular flexibility index (Phi) is 5.61. The maximum atomic E-state index is 4.14. The second-order valence-electron chi connectivity index (χ2n) is 4.66. The molecule has 0 aliphatic heterocycles. The highest BCUT2D eigenvalue weighted by Crippen LogP contribution is 2.28. The molecule has 0 aliphatic rings. The maximum absolute atomic E-state index is 4.14. The molecule has 3 atom stereocenters. The molecule has 0 heteroatoms. The molecule has 3 unspecified atom stereocenters. The molecule has 0 saturated heterocycles. The fraction of sp³-hybridized carbons (Fsp3) is 0.917. The molecule has 12 heavy (non-hydrogen) atoms. The Hall–Kier alpha value is 0. The standard InChI is InChI=1S/C12H25/c1-7-12(10(4)5)11(6)8-9(2)3/h9-12H,4,7-8H2,1-3,5-6H3. The van der Waals surface area contributed by atoms with Crippen LogP contribution in [0.25, 0.3) is 0 Å². The van der Waals surface area contributed by atoms with Crippen molar-refractivity contribution in [2.45, 2.75) is 47.5 Å². The van der Waals surface area contributed by atoms with E-state index in [1.54, 1.807) is 0 Å². The number of hydrogen-bond donors (Lipinski definition) is 0. The van der Waals surface area contributed by atoms with Gasteiger partial charge in [0.05, 0.1) is 0 Å². The minimum atomic E-state index is 0.601. The summed E-state index contributed by atoms with van der Waals surface area (Å²) in [7, 11) is 0. The van der Waals surface area contributed by atoms with E-state index in [2.05, 4.69) is 41.5 Å². The van der Waals surface area contributed by atoms with Crippen molar-refractivity contribution in [3.8, 4) is 0 Å². The molecule has 1 radical (unpaired) electrons. The summed E-state index contributed by atoms with van der Waals surface area (Å²) in [5.41, 5.74) is 0. The van der Waals surface area contributed by atoms with E-state index in [9.17, 15) is 0 Å². The first kappa shape index (κ1) is 12.0. The fourth-order valence-electron chi connectivity index (χ4n) is 2.28. The van der Waals surface area contributed by atoms with Crippen LogP contribution < -0.4 is 0 Å². The quantitative estimate of drug-likeness (QED) is 0.579. The average Bonchev–Trinajstić information content (AvgIpc) is 1.85. The number of rotatable bonds is 5. The minimum absolute atomic E-state index is 0.601. The second kappa shape index (κ2) is 5.61. The predicted octanol–water partition coefficient (Wildman–Crippen LogP) is 4.16. The molecule has 0 nitrogen and oxygen atoms in total. The van der Waals surface area contributed by atoms with E-state index in [1.165, 1.54) is 12.8 Å². The molecule has 0 heterocycles. The smallest absolute Gasteiger partial charge is 0.0365 e. The van der Waals surface area contributed by atoms with Gasteiger partial charge >= 0.3 is 0 Å². The highest BCUT2D eigenvalue weighted by atomic mass is 14.2. The van der Waals surface area contributed by atoms with Gasteiger partial charge in [-0.3, -0.25) is 0 Å². The van der Waals surface area contributed by atoms with Gasteiger partial charge in [0.2, 0.25) is 0 Å². The Morgan fingerprint density at radius 3 is 1.83 bits per heavy atom. The van der Waals surface area contributed by atoms with E-state index >= 15 is 0 Å². The van der Waals surface area contributed by atoms with E-state index in [4.69, 9.17) is 0 Å². The van der Waals surface area contributed by atoms with Crippen LogP contribution in [0.5, 0.6) is 0 Å². The zero-order chi connectivity index (χ0) is 9.72. The van der Waals surface area contributed by atoms with Gasteiger partial charge in [-0.1, -0.05) is 48.0 Å². The van der Waals surface area contributed by atoms with E-state index < -0.39 is 0 Å². The predicted molar refractivity (Wildman–Crippen MR) is 56.9 cm³/mol. The first-order valence-corrected chi connectivity index (χ1v) is 5.32. The van der Waals surface area contributed by atoms with E-state index in [-0.39, 0.29) is 0 Å². The van der Waals surface area contributed by atoms with Crippen molar-refractivity contribution in [1.29, 1.82) is 0 Å². The van der Waals surface area contributed by atoms with Gasteiger partial charge in [0.15, 0.2) is 0 Å². The Balaban J connectivity index is 3.94. The van der Waals surface area contributed by atoms with Crippen LogP contribution in [0.2, 0.25) is 0 Å². The van der Waals surface area contributed by atoms with Crippen LogP contribution in [0, 0.1) is 30.6 Å². The van der Waals surface area contributed by atoms with Crippen molar-refractivity contribution in [1.82, 2.24) is 0 Å². The van der Waals surface area contributed by atoms with E-state index in [0.29, 0.717) is 5.92 Å². The summed E-state index contributed by atoms with van der Waals surface area (Å²) in [6.07, 6.45) is 2.62. The van der Waals surface area contributed by atoms with Crippen LogP contribution in [0.4, 0.5) is 0 Å². The lowest BCUT2D eigenvalue weighted by atomic mass is 9.79. The summed E-state index contributed by atoms with van der Waals surface area (Å²) in [6, 6.07) is 0. The Morgan fingerprint density at radius 1 is 1.08 bits per heavy atom. The first-order valence-electron chi connectivity index (χ1n) is 5.32. The molecule has 0 rings (SSSR count). The zero-order valence-electron chi connectivity index (χ0n) is 9.43. The highest BCUT2D eigenvalue weighted by molar-refractivity contribution is 4.73. The van der Waals surface area contributed by atoms with Gasteiger partial charge in [-0.05, 0) is 30.1 Å². The van der Waals surface area contributed by atoms with Crippen LogP contribution >= 0.6 is 0 Å². The van der Waals surface area contributed by atoms with Gasteiger partial charge in [0.25, 0.3) is 0 Å². The van der Waals surface area contributed by atoms with Gasteiger partial charge in [0, 0.05) is 0 Å². The third kappa shape index (κ3) is 4.13. The summed E-state index contributed by atoms with van der Waals surface area (Å²) < 4.78 is 0. The maximum Gasteiger partial charge on any atom is -0.0365 e. The van der Waals surface area contributed by atoms with Gasteiger partial charge in [-0.25, -0.2) is 0 Å². The van der Waals surface area contributed by atoms with Gasteiger partial charge in [-0.15, -0.1) is 0 Å². The van der Waals surface area contributed by atoms with Crippen molar-refractivity contribution in [2.75, 3.05) is 0 Å². The second-order valence-corrected chi connectivity index (χ2v) is 4.66. The molecule has 0 bridgehead atoms. The first-order chi connectivity index (χ1) is 5.49. The summed E-state index contributed by atoms with van der Waals surface area (Å²) in [6.45, 7) is 15.6. The lowest BCUT2D eigenvalue weighted by molar-refractivity contribution is 0.246. The molecule has 0 N–H and O–H groups in total. The summed E-state index contributed by atoms with van der Waals surface area (Å²) >= 11 is 0. The molecule has 0 aromatic rings. The summed E-state index contributed by atoms with van der Waals surface area (Å²) in [5, 5.41) is 0. The molecular formula is C12H25. The monoisotopic (exact) mass is 169 g/mol. The van der Waals surface area contributed by atoms with E-state index in [0.717, 1.165) is 17.8 Å². The molecule has 0 aliphatic carbocycles. The molecule has 0 aromatic heterocycles. The largest absolute Gasteiger partial charge is 0.0651 e. The van der Waals surface area contributed by atoms with Crippen molar-refractivity contribution in [3.63, 3.8) is 0 Å². The lowest BCUT2D eigenvalue weighted by Gasteiger charge is -2.27. The molecule has 0 saturated carbocycles. The highest BCUT2D eigenvalue weighted by Gasteiger charge is 2.19. The molecule has 0 aromatic carbocycles. The van der Waals surface area contributed by atoms with Crippen LogP contribution in [0.1, 0.15) is 47.5 Å². The van der Waals surface area contributed by atoms with Crippen molar-refractivity contribution >= 4 is 0 Å². The molecular weight excluding hydrogens is 144 g/mol. The van der Waals surface area contributed by atoms with Crippen LogP contribution in [-0.2, 0) is 0 Å². The van der Waals surface area contributed by atoms with Gasteiger partial charge < -0.3 is 0 Å². The molecule has 73 valence electrons. The molecule has 0 amide bonds. The SMILES string of the molecule is [CH2]C(C)C(CC)C(C)CC(C)C.